The first-order valence-electron chi connectivity index (χ1n) is 8.02. The van der Waals surface area contributed by atoms with Crippen molar-refractivity contribution in [3.8, 4) is 0 Å². The quantitative estimate of drug-likeness (QED) is 0.719. The standard InChI is InChI=1S/C20H21N3O/c1-16-9-11-18(12-10-16)22(2)15-19(17-7-4-3-5-8-17)20(24)23-14-6-13-21-23/h3-14,19H,15H2,1-2H3/t19-/m1/s1. The number of benzene rings is 2. The first-order chi connectivity index (χ1) is 11.6. The summed E-state index contributed by atoms with van der Waals surface area (Å²) in [6, 6.07) is 20.0. The maximum Gasteiger partial charge on any atom is 0.256 e. The molecule has 4 heteroatoms. The molecule has 0 N–H and O–H groups in total. The van der Waals surface area contributed by atoms with Crippen molar-refractivity contribution in [3.05, 3.63) is 84.2 Å². The number of anilines is 1. The van der Waals surface area contributed by atoms with Crippen LogP contribution >= 0.6 is 0 Å². The van der Waals surface area contributed by atoms with E-state index in [1.165, 1.54) is 10.2 Å². The molecule has 2 aromatic carbocycles. The monoisotopic (exact) mass is 319 g/mol. The largest absolute Gasteiger partial charge is 0.373 e. The van der Waals surface area contributed by atoms with Crippen LogP contribution in [0.4, 0.5) is 5.69 Å². The summed E-state index contributed by atoms with van der Waals surface area (Å²) in [5.74, 6) is -0.303. The number of carbonyl (C=O) groups excluding carboxylic acids is 1. The highest BCUT2D eigenvalue weighted by molar-refractivity contribution is 5.86. The maximum absolute atomic E-state index is 12.9. The summed E-state index contributed by atoms with van der Waals surface area (Å²) < 4.78 is 1.42. The molecule has 0 spiro atoms. The summed E-state index contributed by atoms with van der Waals surface area (Å²) in [5.41, 5.74) is 3.31. The molecule has 1 heterocycles. The van der Waals surface area contributed by atoms with E-state index in [2.05, 4.69) is 41.2 Å². The Bertz CT molecular complexity index is 780. The van der Waals surface area contributed by atoms with E-state index in [9.17, 15) is 4.79 Å². The van der Waals surface area contributed by atoms with E-state index in [0.29, 0.717) is 6.54 Å². The van der Waals surface area contributed by atoms with Crippen molar-refractivity contribution in [2.24, 2.45) is 0 Å². The highest BCUT2D eigenvalue weighted by atomic mass is 16.2. The number of hydrogen-bond donors (Lipinski definition) is 0. The molecule has 3 aromatic rings. The fourth-order valence-electron chi connectivity index (χ4n) is 2.75. The Kier molecular flexibility index (Phi) is 4.75. The van der Waals surface area contributed by atoms with Gasteiger partial charge in [-0.05, 0) is 30.7 Å². The maximum atomic E-state index is 12.9. The molecule has 122 valence electrons. The summed E-state index contributed by atoms with van der Waals surface area (Å²) in [7, 11) is 2.01. The lowest BCUT2D eigenvalue weighted by Crippen LogP contribution is -2.32. The van der Waals surface area contributed by atoms with Crippen LogP contribution < -0.4 is 4.90 Å². The Morgan fingerprint density at radius 3 is 2.42 bits per heavy atom. The van der Waals surface area contributed by atoms with E-state index in [-0.39, 0.29) is 11.8 Å². The zero-order valence-corrected chi connectivity index (χ0v) is 14.0. The first-order valence-corrected chi connectivity index (χ1v) is 8.02. The molecule has 0 bridgehead atoms. The van der Waals surface area contributed by atoms with Crippen LogP contribution in [0.3, 0.4) is 0 Å². The van der Waals surface area contributed by atoms with Gasteiger partial charge < -0.3 is 4.90 Å². The van der Waals surface area contributed by atoms with E-state index in [4.69, 9.17) is 0 Å². The average Bonchev–Trinajstić information content (AvgIpc) is 3.15. The van der Waals surface area contributed by atoms with Gasteiger partial charge in [-0.2, -0.15) is 5.10 Å². The summed E-state index contributed by atoms with van der Waals surface area (Å²) in [5, 5.41) is 4.10. The normalized spacial score (nSPS) is 11.9. The fourth-order valence-corrected chi connectivity index (χ4v) is 2.75. The van der Waals surface area contributed by atoms with Gasteiger partial charge in [-0.3, -0.25) is 4.79 Å². The molecule has 0 radical (unpaired) electrons. The van der Waals surface area contributed by atoms with Gasteiger partial charge in [-0.15, -0.1) is 0 Å². The molecule has 0 aliphatic rings. The number of rotatable bonds is 5. The minimum atomic E-state index is -0.280. The summed E-state index contributed by atoms with van der Waals surface area (Å²) in [6.07, 6.45) is 3.33. The molecular formula is C20H21N3O. The van der Waals surface area contributed by atoms with Crippen molar-refractivity contribution in [2.75, 3.05) is 18.5 Å². The van der Waals surface area contributed by atoms with Crippen LogP contribution in [0.2, 0.25) is 0 Å². The minimum absolute atomic E-state index is 0.0230. The first kappa shape index (κ1) is 16.0. The Balaban J connectivity index is 1.87. The van der Waals surface area contributed by atoms with Crippen molar-refractivity contribution in [1.29, 1.82) is 0 Å². The van der Waals surface area contributed by atoms with Gasteiger partial charge in [0.15, 0.2) is 0 Å². The van der Waals surface area contributed by atoms with Crippen molar-refractivity contribution in [3.63, 3.8) is 0 Å². The molecule has 3 rings (SSSR count). The smallest absolute Gasteiger partial charge is 0.256 e. The third-order valence-electron chi connectivity index (χ3n) is 4.16. The van der Waals surface area contributed by atoms with E-state index in [1.54, 1.807) is 18.5 Å². The summed E-state index contributed by atoms with van der Waals surface area (Å²) in [6.45, 7) is 2.66. The van der Waals surface area contributed by atoms with Gasteiger partial charge in [-0.1, -0.05) is 48.0 Å². The van der Waals surface area contributed by atoms with Crippen LogP contribution in [0.5, 0.6) is 0 Å². The molecule has 0 amide bonds. The third-order valence-corrected chi connectivity index (χ3v) is 4.16. The molecular weight excluding hydrogens is 298 g/mol. The van der Waals surface area contributed by atoms with Gasteiger partial charge in [0.05, 0.1) is 5.92 Å². The molecule has 0 aliphatic carbocycles. The van der Waals surface area contributed by atoms with Gasteiger partial charge >= 0.3 is 0 Å². The molecule has 4 nitrogen and oxygen atoms in total. The molecule has 0 saturated carbocycles. The predicted molar refractivity (Wildman–Crippen MR) is 96.5 cm³/mol. The van der Waals surface area contributed by atoms with Crippen molar-refractivity contribution < 1.29 is 4.79 Å². The highest BCUT2D eigenvalue weighted by Gasteiger charge is 2.24. The summed E-state index contributed by atoms with van der Waals surface area (Å²) >= 11 is 0. The molecule has 0 unspecified atom stereocenters. The lowest BCUT2D eigenvalue weighted by Gasteiger charge is -2.25. The molecule has 0 aliphatic heterocycles. The number of nitrogens with zero attached hydrogens (tertiary/aromatic N) is 3. The van der Waals surface area contributed by atoms with Crippen molar-refractivity contribution in [2.45, 2.75) is 12.8 Å². The zero-order valence-electron chi connectivity index (χ0n) is 14.0. The molecule has 0 saturated heterocycles. The van der Waals surface area contributed by atoms with Crippen LogP contribution in [0.1, 0.15) is 21.8 Å². The van der Waals surface area contributed by atoms with Gasteiger partial charge in [0.2, 0.25) is 0 Å². The van der Waals surface area contributed by atoms with E-state index >= 15 is 0 Å². The lowest BCUT2D eigenvalue weighted by molar-refractivity contribution is 0.0863. The SMILES string of the molecule is Cc1ccc(N(C)C[C@@H](C(=O)n2cccn2)c2ccccc2)cc1. The Morgan fingerprint density at radius 1 is 1.08 bits per heavy atom. The van der Waals surface area contributed by atoms with E-state index in [0.717, 1.165) is 11.3 Å². The van der Waals surface area contributed by atoms with Gasteiger partial charge in [0.25, 0.3) is 5.91 Å². The van der Waals surface area contributed by atoms with Crippen LogP contribution in [-0.4, -0.2) is 29.3 Å². The summed E-state index contributed by atoms with van der Waals surface area (Å²) in [4.78, 5) is 15.0. The molecule has 1 aromatic heterocycles. The lowest BCUT2D eigenvalue weighted by atomic mass is 9.97. The number of carbonyl (C=O) groups is 1. The average molecular weight is 319 g/mol. The second-order valence-electron chi connectivity index (χ2n) is 5.97. The predicted octanol–water partition coefficient (Wildman–Crippen LogP) is 3.75. The number of aryl methyl sites for hydroxylation is 1. The van der Waals surface area contributed by atoms with Crippen LogP contribution in [-0.2, 0) is 0 Å². The van der Waals surface area contributed by atoms with Gasteiger partial charge in [0, 0.05) is 31.7 Å². The van der Waals surface area contributed by atoms with E-state index < -0.39 is 0 Å². The van der Waals surface area contributed by atoms with Gasteiger partial charge in [-0.25, -0.2) is 4.68 Å². The number of aromatic nitrogens is 2. The Morgan fingerprint density at radius 2 is 1.79 bits per heavy atom. The topological polar surface area (TPSA) is 38.1 Å². The molecule has 0 fully saturated rings. The minimum Gasteiger partial charge on any atom is -0.373 e. The number of hydrogen-bond acceptors (Lipinski definition) is 3. The van der Waals surface area contributed by atoms with Crippen LogP contribution in [0, 0.1) is 6.92 Å². The Hall–Kier alpha value is -2.88. The van der Waals surface area contributed by atoms with Crippen molar-refractivity contribution in [1.82, 2.24) is 9.78 Å². The third kappa shape index (κ3) is 3.54. The highest BCUT2D eigenvalue weighted by Crippen LogP contribution is 2.22. The number of likely N-dealkylation sites (N-methyl/N-ethyl adjacent to an activating group) is 1. The van der Waals surface area contributed by atoms with Crippen LogP contribution in [0.15, 0.2) is 73.1 Å². The second kappa shape index (κ2) is 7.13. The second-order valence-corrected chi connectivity index (χ2v) is 5.97. The molecule has 1 atom stereocenters. The van der Waals surface area contributed by atoms with E-state index in [1.807, 2.05) is 37.4 Å². The fraction of sp³-hybridized carbons (Fsp3) is 0.200. The van der Waals surface area contributed by atoms with Crippen molar-refractivity contribution >= 4 is 11.6 Å². The molecule has 24 heavy (non-hydrogen) atoms. The van der Waals surface area contributed by atoms with Crippen LogP contribution in [0.25, 0.3) is 0 Å². The van der Waals surface area contributed by atoms with Gasteiger partial charge in [0.1, 0.15) is 0 Å². The zero-order chi connectivity index (χ0) is 16.9. The Labute approximate surface area is 142 Å².